The average molecular weight is 449 g/mol. The molecule has 1 aliphatic rings. The predicted molar refractivity (Wildman–Crippen MR) is 109 cm³/mol. The Kier molecular flexibility index (Phi) is 5.55. The fourth-order valence-corrected chi connectivity index (χ4v) is 4.69. The van der Waals surface area contributed by atoms with E-state index < -0.39 is 15.8 Å². The van der Waals surface area contributed by atoms with Gasteiger partial charge < -0.3 is 14.8 Å². The van der Waals surface area contributed by atoms with Gasteiger partial charge in [0, 0.05) is 23.6 Å². The van der Waals surface area contributed by atoms with E-state index in [2.05, 4.69) is 15.0 Å². The molecule has 1 aliphatic heterocycles. The molecule has 0 unspecified atom stereocenters. The maximum Gasteiger partial charge on any atom is 0.263 e. The number of halogens is 1. The van der Waals surface area contributed by atoms with Gasteiger partial charge in [0.2, 0.25) is 12.7 Å². The van der Waals surface area contributed by atoms with Crippen molar-refractivity contribution in [3.05, 3.63) is 59.4 Å². The number of aryl methyl sites for hydroxylation is 1. The Labute approximate surface area is 175 Å². The van der Waals surface area contributed by atoms with Crippen LogP contribution in [0, 0.1) is 5.82 Å². The lowest BCUT2D eigenvalue weighted by molar-refractivity contribution is -0.116. The topological polar surface area (TPSA) is 107 Å². The minimum atomic E-state index is -3.86. The van der Waals surface area contributed by atoms with Crippen LogP contribution in [0.25, 0.3) is 0 Å². The molecule has 8 nitrogen and oxygen atoms in total. The first-order valence-corrected chi connectivity index (χ1v) is 11.2. The Hall–Kier alpha value is -3.18. The number of amides is 1. The third-order valence-corrected chi connectivity index (χ3v) is 6.45. The van der Waals surface area contributed by atoms with Crippen LogP contribution in [0.5, 0.6) is 11.5 Å². The number of aromatic nitrogens is 1. The van der Waals surface area contributed by atoms with Gasteiger partial charge in [-0.05, 0) is 42.8 Å². The van der Waals surface area contributed by atoms with Crippen molar-refractivity contribution in [1.29, 1.82) is 0 Å². The summed E-state index contributed by atoms with van der Waals surface area (Å²) in [7, 11) is -3.86. The van der Waals surface area contributed by atoms with Crippen LogP contribution in [0.3, 0.4) is 0 Å². The normalized spacial score (nSPS) is 12.6. The Balaban J connectivity index is 1.32. The Morgan fingerprint density at radius 3 is 2.70 bits per heavy atom. The Morgan fingerprint density at radius 2 is 1.90 bits per heavy atom. The van der Waals surface area contributed by atoms with Crippen molar-refractivity contribution in [2.75, 3.05) is 16.8 Å². The van der Waals surface area contributed by atoms with E-state index in [4.69, 9.17) is 9.47 Å². The van der Waals surface area contributed by atoms with Crippen molar-refractivity contribution < 1.29 is 27.1 Å². The number of rotatable bonds is 7. The monoisotopic (exact) mass is 449 g/mol. The average Bonchev–Trinajstić information content (AvgIpc) is 3.35. The molecule has 0 bridgehead atoms. The number of nitrogens with zero attached hydrogens (tertiary/aromatic N) is 1. The van der Waals surface area contributed by atoms with Gasteiger partial charge in [-0.25, -0.2) is 17.8 Å². The summed E-state index contributed by atoms with van der Waals surface area (Å²) in [5.74, 6) is 0.469. The minimum Gasteiger partial charge on any atom is -0.454 e. The van der Waals surface area contributed by atoms with E-state index in [1.54, 1.807) is 23.6 Å². The van der Waals surface area contributed by atoms with E-state index >= 15 is 0 Å². The number of fused-ring (bicyclic) bond motifs is 1. The summed E-state index contributed by atoms with van der Waals surface area (Å²) in [4.78, 5) is 16.3. The number of hydrogen-bond donors (Lipinski definition) is 2. The van der Waals surface area contributed by atoms with Crippen molar-refractivity contribution in [2.24, 2.45) is 0 Å². The van der Waals surface area contributed by atoms with E-state index in [-0.39, 0.29) is 29.1 Å². The molecule has 1 aromatic heterocycles. The molecule has 30 heavy (non-hydrogen) atoms. The third-order valence-electron chi connectivity index (χ3n) is 4.16. The first-order chi connectivity index (χ1) is 14.4. The predicted octanol–water partition coefficient (Wildman–Crippen LogP) is 3.38. The van der Waals surface area contributed by atoms with Crippen LogP contribution < -0.4 is 19.5 Å². The number of carbonyl (C=O) groups excluding carboxylic acids is 1. The number of hydrogen-bond acceptors (Lipinski definition) is 7. The minimum absolute atomic E-state index is 0.0660. The highest BCUT2D eigenvalue weighted by Gasteiger charge is 2.17. The van der Waals surface area contributed by atoms with E-state index in [1.165, 1.54) is 12.1 Å². The van der Waals surface area contributed by atoms with Crippen molar-refractivity contribution >= 4 is 38.1 Å². The molecular weight excluding hydrogens is 433 g/mol. The van der Waals surface area contributed by atoms with Gasteiger partial charge in [-0.1, -0.05) is 0 Å². The lowest BCUT2D eigenvalue weighted by Gasteiger charge is -2.06. The number of thiazole rings is 1. The summed E-state index contributed by atoms with van der Waals surface area (Å²) < 4.78 is 50.5. The molecule has 4 rings (SSSR count). The van der Waals surface area contributed by atoms with Gasteiger partial charge >= 0.3 is 0 Å². The standard InChI is InChI=1S/C19H16FN3O5S2/c20-12-1-5-15(6-2-12)30(25,26)23-19-22-14(10-29-19)4-8-18(24)21-13-3-7-16-17(9-13)28-11-27-16/h1-3,5-7,9-10H,4,8,11H2,(H,21,24)(H,22,23). The van der Waals surface area contributed by atoms with Crippen LogP contribution >= 0.6 is 11.3 Å². The first kappa shape index (κ1) is 20.1. The van der Waals surface area contributed by atoms with E-state index in [0.717, 1.165) is 23.5 Å². The number of anilines is 2. The number of sulfonamides is 1. The SMILES string of the molecule is O=C(CCc1csc(NS(=O)(=O)c2ccc(F)cc2)n1)Nc1ccc2c(c1)OCO2. The second-order valence-electron chi connectivity index (χ2n) is 6.32. The van der Waals surface area contributed by atoms with Gasteiger partial charge in [0.1, 0.15) is 5.82 Å². The van der Waals surface area contributed by atoms with Crippen molar-refractivity contribution in [3.63, 3.8) is 0 Å². The Morgan fingerprint density at radius 1 is 1.13 bits per heavy atom. The maximum absolute atomic E-state index is 13.0. The third kappa shape index (κ3) is 4.69. The largest absolute Gasteiger partial charge is 0.454 e. The molecule has 156 valence electrons. The summed E-state index contributed by atoms with van der Waals surface area (Å²) >= 11 is 1.11. The number of nitrogens with one attached hydrogen (secondary N) is 2. The molecule has 0 atom stereocenters. The zero-order valence-corrected chi connectivity index (χ0v) is 17.1. The maximum atomic E-state index is 13.0. The molecule has 1 amide bonds. The molecule has 0 saturated carbocycles. The summed E-state index contributed by atoms with van der Waals surface area (Å²) in [6.45, 7) is 0.157. The van der Waals surface area contributed by atoms with E-state index in [1.807, 2.05) is 0 Å². The number of benzene rings is 2. The Bertz CT molecular complexity index is 1180. The lowest BCUT2D eigenvalue weighted by Crippen LogP contribution is -2.13. The van der Waals surface area contributed by atoms with Crippen molar-refractivity contribution in [1.82, 2.24) is 4.98 Å². The molecule has 0 saturated heterocycles. The second kappa shape index (κ2) is 8.28. The van der Waals surface area contributed by atoms with Crippen LogP contribution in [-0.2, 0) is 21.2 Å². The number of ether oxygens (including phenoxy) is 2. The highest BCUT2D eigenvalue weighted by molar-refractivity contribution is 7.93. The highest BCUT2D eigenvalue weighted by atomic mass is 32.2. The molecule has 0 radical (unpaired) electrons. The lowest BCUT2D eigenvalue weighted by atomic mass is 10.2. The van der Waals surface area contributed by atoms with E-state index in [9.17, 15) is 17.6 Å². The zero-order chi connectivity index (χ0) is 21.1. The summed E-state index contributed by atoms with van der Waals surface area (Å²) in [6.07, 6.45) is 0.507. The van der Waals surface area contributed by atoms with Crippen LogP contribution in [-0.4, -0.2) is 26.1 Å². The van der Waals surface area contributed by atoms with Crippen molar-refractivity contribution in [2.45, 2.75) is 17.7 Å². The summed E-state index contributed by atoms with van der Waals surface area (Å²) in [6, 6.07) is 9.61. The van der Waals surface area contributed by atoms with Gasteiger partial charge in [0.15, 0.2) is 16.6 Å². The highest BCUT2D eigenvalue weighted by Crippen LogP contribution is 2.34. The van der Waals surface area contributed by atoms with Gasteiger partial charge in [-0.15, -0.1) is 11.3 Å². The molecule has 2 N–H and O–H groups in total. The smallest absolute Gasteiger partial charge is 0.263 e. The molecule has 11 heteroatoms. The molecule has 0 spiro atoms. The molecule has 2 aromatic carbocycles. The summed E-state index contributed by atoms with van der Waals surface area (Å²) in [5, 5.41) is 4.62. The van der Waals surface area contributed by atoms with Gasteiger partial charge in [0.25, 0.3) is 10.0 Å². The molecule has 2 heterocycles. The fraction of sp³-hybridized carbons (Fsp3) is 0.158. The van der Waals surface area contributed by atoms with Crippen LogP contribution in [0.15, 0.2) is 52.7 Å². The zero-order valence-electron chi connectivity index (χ0n) is 15.4. The molecule has 3 aromatic rings. The summed E-state index contributed by atoms with van der Waals surface area (Å²) in [5.41, 5.74) is 1.17. The van der Waals surface area contributed by atoms with Gasteiger partial charge in [-0.3, -0.25) is 9.52 Å². The molecule has 0 aliphatic carbocycles. The number of carbonyl (C=O) groups is 1. The van der Waals surface area contributed by atoms with Crippen molar-refractivity contribution in [3.8, 4) is 11.5 Å². The quantitative estimate of drug-likeness (QED) is 0.573. The second-order valence-corrected chi connectivity index (χ2v) is 8.86. The first-order valence-electron chi connectivity index (χ1n) is 8.81. The van der Waals surface area contributed by atoms with Crippen LogP contribution in [0.4, 0.5) is 15.2 Å². The van der Waals surface area contributed by atoms with Crippen LogP contribution in [0.1, 0.15) is 12.1 Å². The fourth-order valence-electron chi connectivity index (χ4n) is 2.70. The van der Waals surface area contributed by atoms with E-state index in [0.29, 0.717) is 29.3 Å². The van der Waals surface area contributed by atoms with Gasteiger partial charge in [-0.2, -0.15) is 0 Å². The van der Waals surface area contributed by atoms with Crippen LogP contribution in [0.2, 0.25) is 0 Å². The molecular formula is C19H16FN3O5S2. The van der Waals surface area contributed by atoms with Gasteiger partial charge in [0.05, 0.1) is 10.6 Å². The molecule has 0 fully saturated rings.